The third-order valence-electron chi connectivity index (χ3n) is 1.53. The fraction of sp³-hybridized carbons (Fsp3) is 0.444. The maximum absolute atomic E-state index is 11.3. The second-order valence-electron chi connectivity index (χ2n) is 3.04. The zero-order valence-corrected chi connectivity index (χ0v) is 9.50. The number of ether oxygens (including phenoxy) is 1. The first-order valence-corrected chi connectivity index (χ1v) is 5.57. The van der Waals surface area contributed by atoms with Crippen molar-refractivity contribution in [3.05, 3.63) is 17.5 Å². The first-order chi connectivity index (χ1) is 6.06. The minimum Gasteiger partial charge on any atom is -0.468 e. The summed E-state index contributed by atoms with van der Waals surface area (Å²) < 4.78 is 5.34. The van der Waals surface area contributed by atoms with Gasteiger partial charge in [-0.05, 0) is 25.3 Å². The maximum atomic E-state index is 11.3. The van der Waals surface area contributed by atoms with Gasteiger partial charge >= 0.3 is 5.97 Å². The first kappa shape index (κ1) is 10.6. The predicted octanol–water partition coefficient (Wildman–Crippen LogP) is 2.79. The highest BCUT2D eigenvalue weighted by Gasteiger charge is 2.30. The molecule has 0 aliphatic carbocycles. The molecule has 0 radical (unpaired) electrons. The highest BCUT2D eigenvalue weighted by atomic mass is 32.2. The summed E-state index contributed by atoms with van der Waals surface area (Å²) in [5, 5.41) is 2.00. The van der Waals surface area contributed by atoms with E-state index in [4.69, 9.17) is 4.74 Å². The second-order valence-corrected chi connectivity index (χ2v) is 5.91. The maximum Gasteiger partial charge on any atom is 0.321 e. The van der Waals surface area contributed by atoms with Crippen LogP contribution in [0.5, 0.6) is 0 Å². The normalized spacial score (nSPS) is 11.3. The quantitative estimate of drug-likeness (QED) is 0.574. The molecule has 1 aromatic rings. The van der Waals surface area contributed by atoms with Gasteiger partial charge in [-0.2, -0.15) is 0 Å². The van der Waals surface area contributed by atoms with E-state index in [0.717, 1.165) is 4.21 Å². The van der Waals surface area contributed by atoms with Gasteiger partial charge in [-0.15, -0.1) is 11.3 Å². The van der Waals surface area contributed by atoms with E-state index in [2.05, 4.69) is 0 Å². The number of hydrogen-bond donors (Lipinski definition) is 0. The van der Waals surface area contributed by atoms with Gasteiger partial charge in [0.25, 0.3) is 0 Å². The van der Waals surface area contributed by atoms with Crippen LogP contribution in [-0.2, 0) is 9.53 Å². The van der Waals surface area contributed by atoms with Crippen LogP contribution in [-0.4, -0.2) is 17.8 Å². The minimum atomic E-state index is -0.500. The van der Waals surface area contributed by atoms with Gasteiger partial charge in [0, 0.05) is 0 Å². The number of thiophene rings is 1. The van der Waals surface area contributed by atoms with Crippen molar-refractivity contribution in [3.8, 4) is 0 Å². The Morgan fingerprint density at radius 2 is 2.31 bits per heavy atom. The van der Waals surface area contributed by atoms with Crippen LogP contribution in [0.3, 0.4) is 0 Å². The summed E-state index contributed by atoms with van der Waals surface area (Å²) in [7, 11) is 1.42. The lowest BCUT2D eigenvalue weighted by Crippen LogP contribution is -2.28. The summed E-state index contributed by atoms with van der Waals surface area (Å²) >= 11 is 3.16. The van der Waals surface area contributed by atoms with Crippen molar-refractivity contribution in [3.63, 3.8) is 0 Å². The molecular formula is C9H12O2S2. The lowest BCUT2D eigenvalue weighted by molar-refractivity contribution is -0.142. The van der Waals surface area contributed by atoms with E-state index in [1.54, 1.807) is 11.3 Å². The average molecular weight is 216 g/mol. The van der Waals surface area contributed by atoms with Gasteiger partial charge in [-0.3, -0.25) is 4.79 Å². The number of rotatable bonds is 3. The number of carbonyl (C=O) groups excluding carboxylic acids is 1. The summed E-state index contributed by atoms with van der Waals surface area (Å²) in [5.74, 6) is -0.189. The third-order valence-corrected chi connectivity index (χ3v) is 3.74. The van der Waals surface area contributed by atoms with Gasteiger partial charge < -0.3 is 4.74 Å². The van der Waals surface area contributed by atoms with Crippen LogP contribution in [0.15, 0.2) is 21.7 Å². The van der Waals surface area contributed by atoms with Crippen molar-refractivity contribution in [2.24, 2.45) is 0 Å². The molecule has 4 heteroatoms. The Labute approximate surface area is 86.3 Å². The largest absolute Gasteiger partial charge is 0.468 e. The van der Waals surface area contributed by atoms with Crippen LogP contribution < -0.4 is 0 Å². The van der Waals surface area contributed by atoms with E-state index in [0.29, 0.717) is 0 Å². The van der Waals surface area contributed by atoms with Crippen LogP contribution in [0.4, 0.5) is 0 Å². The molecule has 2 nitrogen and oxygen atoms in total. The molecule has 1 rings (SSSR count). The molecular weight excluding hydrogens is 204 g/mol. The monoisotopic (exact) mass is 216 g/mol. The standard InChI is InChI=1S/C9H12O2S2/c1-9(2,8(10)11-3)13-7-5-4-6-12-7/h4-6H,1-3H3. The predicted molar refractivity (Wildman–Crippen MR) is 56.3 cm³/mol. The Bertz CT molecular complexity index is 278. The van der Waals surface area contributed by atoms with Gasteiger partial charge in [0.15, 0.2) is 0 Å². The Morgan fingerprint density at radius 3 is 2.77 bits per heavy atom. The third kappa shape index (κ3) is 2.74. The topological polar surface area (TPSA) is 26.3 Å². The van der Waals surface area contributed by atoms with E-state index in [1.807, 2.05) is 31.4 Å². The van der Waals surface area contributed by atoms with Crippen molar-refractivity contribution in [2.75, 3.05) is 7.11 Å². The van der Waals surface area contributed by atoms with Crippen LogP contribution in [0.1, 0.15) is 13.8 Å². The molecule has 0 N–H and O–H groups in total. The van der Waals surface area contributed by atoms with Crippen LogP contribution in [0.25, 0.3) is 0 Å². The average Bonchev–Trinajstić information content (AvgIpc) is 2.54. The van der Waals surface area contributed by atoms with Crippen LogP contribution in [0, 0.1) is 0 Å². The highest BCUT2D eigenvalue weighted by Crippen LogP contribution is 2.35. The molecule has 0 atom stereocenters. The molecule has 0 amide bonds. The lowest BCUT2D eigenvalue weighted by Gasteiger charge is -2.19. The Morgan fingerprint density at radius 1 is 1.62 bits per heavy atom. The Hall–Kier alpha value is -0.480. The Balaban J connectivity index is 2.67. The van der Waals surface area contributed by atoms with Gasteiger partial charge in [0.05, 0.1) is 11.3 Å². The van der Waals surface area contributed by atoms with Crippen LogP contribution in [0.2, 0.25) is 0 Å². The summed E-state index contributed by atoms with van der Waals surface area (Å²) in [6.07, 6.45) is 0. The molecule has 0 unspecified atom stereocenters. The smallest absolute Gasteiger partial charge is 0.321 e. The van der Waals surface area contributed by atoms with E-state index in [9.17, 15) is 4.79 Å². The minimum absolute atomic E-state index is 0.189. The van der Waals surface area contributed by atoms with Gasteiger partial charge in [0.1, 0.15) is 4.75 Å². The zero-order valence-electron chi connectivity index (χ0n) is 7.87. The molecule has 1 aromatic heterocycles. The number of esters is 1. The van der Waals surface area contributed by atoms with E-state index < -0.39 is 4.75 Å². The number of carbonyl (C=O) groups is 1. The number of thioether (sulfide) groups is 1. The van der Waals surface area contributed by atoms with Crippen molar-refractivity contribution in [1.29, 1.82) is 0 Å². The fourth-order valence-corrected chi connectivity index (χ4v) is 3.11. The summed E-state index contributed by atoms with van der Waals surface area (Å²) in [4.78, 5) is 11.3. The van der Waals surface area contributed by atoms with E-state index >= 15 is 0 Å². The Kier molecular flexibility index (Phi) is 3.39. The van der Waals surface area contributed by atoms with Gasteiger partial charge in [-0.25, -0.2) is 0 Å². The highest BCUT2D eigenvalue weighted by molar-refractivity contribution is 8.03. The molecule has 0 spiro atoms. The molecule has 0 saturated heterocycles. The van der Waals surface area contributed by atoms with E-state index in [-0.39, 0.29) is 5.97 Å². The lowest BCUT2D eigenvalue weighted by atomic mass is 10.2. The number of methoxy groups -OCH3 is 1. The molecule has 0 bridgehead atoms. The molecule has 1 heterocycles. The van der Waals surface area contributed by atoms with E-state index in [1.165, 1.54) is 18.9 Å². The molecule has 0 saturated carbocycles. The van der Waals surface area contributed by atoms with Crippen molar-refractivity contribution >= 4 is 29.1 Å². The summed E-state index contributed by atoms with van der Waals surface area (Å²) in [6.45, 7) is 3.73. The van der Waals surface area contributed by atoms with Crippen LogP contribution >= 0.6 is 23.1 Å². The van der Waals surface area contributed by atoms with Crippen molar-refractivity contribution < 1.29 is 9.53 Å². The summed E-state index contributed by atoms with van der Waals surface area (Å²) in [5.41, 5.74) is 0. The molecule has 0 aliphatic heterocycles. The van der Waals surface area contributed by atoms with Crippen molar-refractivity contribution in [1.82, 2.24) is 0 Å². The molecule has 13 heavy (non-hydrogen) atoms. The SMILES string of the molecule is COC(=O)C(C)(C)Sc1cccs1. The fourth-order valence-electron chi connectivity index (χ4n) is 0.860. The first-order valence-electron chi connectivity index (χ1n) is 3.87. The molecule has 0 aromatic carbocycles. The molecule has 0 fully saturated rings. The number of hydrogen-bond acceptors (Lipinski definition) is 4. The van der Waals surface area contributed by atoms with Gasteiger partial charge in [-0.1, -0.05) is 17.8 Å². The van der Waals surface area contributed by atoms with Crippen molar-refractivity contribution in [2.45, 2.75) is 22.8 Å². The zero-order chi connectivity index (χ0) is 9.90. The molecule has 72 valence electrons. The second kappa shape index (κ2) is 4.15. The molecule has 0 aliphatic rings. The summed E-state index contributed by atoms with van der Waals surface area (Å²) in [6, 6.07) is 3.97. The van der Waals surface area contributed by atoms with Gasteiger partial charge in [0.2, 0.25) is 0 Å².